The molecule has 2 aromatic rings. The number of hydrogen-bond acceptors (Lipinski definition) is 5. The number of nitrogens with zero attached hydrogens (tertiary/aromatic N) is 1. The Balaban J connectivity index is 1.50. The molecule has 0 unspecified atom stereocenters. The molecule has 7 heteroatoms. The third kappa shape index (κ3) is 7.03. The Morgan fingerprint density at radius 3 is 2.53 bits per heavy atom. The van der Waals surface area contributed by atoms with Gasteiger partial charge in [0, 0.05) is 35.2 Å². The van der Waals surface area contributed by atoms with Gasteiger partial charge in [-0.15, -0.1) is 0 Å². The predicted octanol–water partition coefficient (Wildman–Crippen LogP) is 4.78. The highest BCUT2D eigenvalue weighted by atomic mass is 35.5. The maximum atomic E-state index is 6.24. The molecule has 0 saturated carbocycles. The van der Waals surface area contributed by atoms with Crippen LogP contribution in [0.2, 0.25) is 10.0 Å². The highest BCUT2D eigenvalue weighted by Gasteiger charge is 2.11. The lowest BCUT2D eigenvalue weighted by molar-refractivity contribution is 0.0374. The van der Waals surface area contributed by atoms with Crippen molar-refractivity contribution in [3.63, 3.8) is 0 Å². The number of rotatable bonds is 11. The van der Waals surface area contributed by atoms with Gasteiger partial charge in [-0.1, -0.05) is 35.3 Å². The summed E-state index contributed by atoms with van der Waals surface area (Å²) in [6.45, 7) is 9.48. The molecule has 0 aromatic heterocycles. The van der Waals surface area contributed by atoms with Gasteiger partial charge in [-0.3, -0.25) is 4.90 Å². The molecule has 3 rings (SSSR count). The summed E-state index contributed by atoms with van der Waals surface area (Å²) in [5.41, 5.74) is 1.93. The number of benzene rings is 2. The minimum absolute atomic E-state index is 0.289. The van der Waals surface area contributed by atoms with Crippen molar-refractivity contribution in [2.24, 2.45) is 0 Å². The van der Waals surface area contributed by atoms with Gasteiger partial charge >= 0.3 is 0 Å². The Hall–Kier alpha value is -1.50. The number of morpholine rings is 1. The summed E-state index contributed by atoms with van der Waals surface area (Å²) in [6, 6.07) is 11.5. The van der Waals surface area contributed by atoms with E-state index < -0.39 is 0 Å². The van der Waals surface area contributed by atoms with E-state index >= 15 is 0 Å². The first-order valence-corrected chi connectivity index (χ1v) is 11.2. The molecule has 1 fully saturated rings. The smallest absolute Gasteiger partial charge is 0.161 e. The summed E-state index contributed by atoms with van der Waals surface area (Å²) in [5, 5.41) is 4.71. The van der Waals surface area contributed by atoms with E-state index in [1.807, 2.05) is 37.3 Å². The van der Waals surface area contributed by atoms with E-state index in [1.165, 1.54) is 0 Å². The summed E-state index contributed by atoms with van der Waals surface area (Å²) >= 11 is 12.5. The van der Waals surface area contributed by atoms with Gasteiger partial charge in [0.25, 0.3) is 0 Å². The van der Waals surface area contributed by atoms with Gasteiger partial charge in [0.15, 0.2) is 11.5 Å². The van der Waals surface area contributed by atoms with Gasteiger partial charge < -0.3 is 19.5 Å². The van der Waals surface area contributed by atoms with Crippen molar-refractivity contribution in [3.05, 3.63) is 57.6 Å². The molecule has 5 nitrogen and oxygen atoms in total. The van der Waals surface area contributed by atoms with Crippen LogP contribution < -0.4 is 14.8 Å². The molecular weight excluding hydrogens is 423 g/mol. The minimum atomic E-state index is 0.289. The normalized spacial score (nSPS) is 14.6. The summed E-state index contributed by atoms with van der Waals surface area (Å²) in [6.07, 6.45) is 1.12. The predicted molar refractivity (Wildman–Crippen MR) is 122 cm³/mol. The fraction of sp³-hybridized carbons (Fsp3) is 0.478. The Kier molecular flexibility index (Phi) is 9.56. The third-order valence-electron chi connectivity index (χ3n) is 5.00. The molecule has 0 spiro atoms. The average molecular weight is 453 g/mol. The molecular formula is C23H30Cl2N2O3. The SMILES string of the molecule is CCOc1cc(CNCCCN2CCOCC2)ccc1OCc1c(Cl)cccc1Cl. The standard InChI is InChI=1S/C23H30Cl2N2O3/c1-2-29-23-15-18(16-26-9-4-10-27-11-13-28-14-12-27)7-8-22(23)30-17-19-20(24)5-3-6-21(19)25/h3,5-8,15,26H,2,4,9-14,16-17H2,1H3. The van der Waals surface area contributed by atoms with E-state index in [-0.39, 0.29) is 6.61 Å². The first-order valence-electron chi connectivity index (χ1n) is 10.5. The quantitative estimate of drug-likeness (QED) is 0.496. The molecule has 0 aliphatic carbocycles. The highest BCUT2D eigenvalue weighted by Crippen LogP contribution is 2.31. The Bertz CT molecular complexity index is 778. The summed E-state index contributed by atoms with van der Waals surface area (Å²) < 4.78 is 17.2. The van der Waals surface area contributed by atoms with Crippen molar-refractivity contribution >= 4 is 23.2 Å². The van der Waals surface area contributed by atoms with Crippen LogP contribution in [0, 0.1) is 0 Å². The number of hydrogen-bond donors (Lipinski definition) is 1. The average Bonchev–Trinajstić information content (AvgIpc) is 2.75. The van der Waals surface area contributed by atoms with Gasteiger partial charge in [-0.2, -0.15) is 0 Å². The molecule has 1 heterocycles. The molecule has 164 valence electrons. The fourth-order valence-electron chi connectivity index (χ4n) is 3.36. The van der Waals surface area contributed by atoms with E-state index in [0.717, 1.165) is 69.2 Å². The van der Waals surface area contributed by atoms with E-state index in [1.54, 1.807) is 0 Å². The van der Waals surface area contributed by atoms with Crippen LogP contribution in [-0.4, -0.2) is 50.9 Å². The molecule has 2 aromatic carbocycles. The lowest BCUT2D eigenvalue weighted by Crippen LogP contribution is -2.37. The van der Waals surface area contributed by atoms with Crippen LogP contribution in [0.4, 0.5) is 0 Å². The van der Waals surface area contributed by atoms with Crippen molar-refractivity contribution < 1.29 is 14.2 Å². The zero-order valence-corrected chi connectivity index (χ0v) is 19.0. The van der Waals surface area contributed by atoms with Crippen LogP contribution in [0.3, 0.4) is 0 Å². The molecule has 1 saturated heterocycles. The molecule has 30 heavy (non-hydrogen) atoms. The molecule has 0 radical (unpaired) electrons. The molecule has 0 amide bonds. The highest BCUT2D eigenvalue weighted by molar-refractivity contribution is 6.35. The first-order chi connectivity index (χ1) is 14.7. The minimum Gasteiger partial charge on any atom is -0.490 e. The van der Waals surface area contributed by atoms with Gasteiger partial charge in [0.1, 0.15) is 6.61 Å². The number of nitrogens with one attached hydrogen (secondary N) is 1. The van der Waals surface area contributed by atoms with Gasteiger partial charge in [-0.05, 0) is 56.3 Å². The maximum Gasteiger partial charge on any atom is 0.161 e. The lowest BCUT2D eigenvalue weighted by atomic mass is 10.2. The van der Waals surface area contributed by atoms with E-state index in [2.05, 4.69) is 16.3 Å². The van der Waals surface area contributed by atoms with Crippen molar-refractivity contribution in [3.8, 4) is 11.5 Å². The van der Waals surface area contributed by atoms with Crippen LogP contribution in [0.25, 0.3) is 0 Å². The van der Waals surface area contributed by atoms with Crippen LogP contribution in [0.5, 0.6) is 11.5 Å². The van der Waals surface area contributed by atoms with Crippen molar-refractivity contribution in [2.75, 3.05) is 46.0 Å². The van der Waals surface area contributed by atoms with E-state index in [9.17, 15) is 0 Å². The lowest BCUT2D eigenvalue weighted by Gasteiger charge is -2.26. The molecule has 1 aliphatic rings. The molecule has 0 bridgehead atoms. The monoisotopic (exact) mass is 452 g/mol. The zero-order chi connectivity index (χ0) is 21.2. The van der Waals surface area contributed by atoms with Crippen molar-refractivity contribution in [2.45, 2.75) is 26.5 Å². The molecule has 1 N–H and O–H groups in total. The van der Waals surface area contributed by atoms with Crippen molar-refractivity contribution in [1.29, 1.82) is 0 Å². The van der Waals surface area contributed by atoms with Crippen LogP contribution in [0.1, 0.15) is 24.5 Å². The van der Waals surface area contributed by atoms with Crippen LogP contribution >= 0.6 is 23.2 Å². The van der Waals surface area contributed by atoms with E-state index in [4.69, 9.17) is 37.4 Å². The second-order valence-corrected chi connectivity index (χ2v) is 8.00. The Morgan fingerprint density at radius 2 is 1.80 bits per heavy atom. The van der Waals surface area contributed by atoms with Gasteiger partial charge in [0.2, 0.25) is 0 Å². The largest absolute Gasteiger partial charge is 0.490 e. The maximum absolute atomic E-state index is 6.24. The Labute approximate surface area is 189 Å². The zero-order valence-electron chi connectivity index (χ0n) is 17.5. The summed E-state index contributed by atoms with van der Waals surface area (Å²) in [4.78, 5) is 2.45. The van der Waals surface area contributed by atoms with Crippen LogP contribution in [0.15, 0.2) is 36.4 Å². The summed E-state index contributed by atoms with van der Waals surface area (Å²) in [5.74, 6) is 1.41. The van der Waals surface area contributed by atoms with Gasteiger partial charge in [0.05, 0.1) is 19.8 Å². The third-order valence-corrected chi connectivity index (χ3v) is 5.71. The topological polar surface area (TPSA) is 43.0 Å². The second-order valence-electron chi connectivity index (χ2n) is 7.19. The van der Waals surface area contributed by atoms with Crippen molar-refractivity contribution in [1.82, 2.24) is 10.2 Å². The number of ether oxygens (including phenoxy) is 3. The van der Waals surface area contributed by atoms with E-state index in [0.29, 0.717) is 22.4 Å². The van der Waals surface area contributed by atoms with Crippen LogP contribution in [-0.2, 0) is 17.9 Å². The second kappa shape index (κ2) is 12.4. The summed E-state index contributed by atoms with van der Waals surface area (Å²) in [7, 11) is 0. The fourth-order valence-corrected chi connectivity index (χ4v) is 3.86. The Morgan fingerprint density at radius 1 is 1.03 bits per heavy atom. The molecule has 0 atom stereocenters. The number of halogens is 2. The molecule has 1 aliphatic heterocycles. The van der Waals surface area contributed by atoms with Gasteiger partial charge in [-0.25, -0.2) is 0 Å². The first kappa shape index (κ1) is 23.2.